The standard InChI is InChI=1S/C24H32N6O2.C24H31N5O2S.C19H24N6.C12H10N4S.C8H15Br.C6H5BrN4S.2CH2O3.4K.2H/c1-24(2,3)32-23(31)27-18-12-10-16(11-13-18)15-30-21-19(14-26-22(25-4)28-21)20(29-30)17-8-6-5-7-9-17;1-24(2,3)31-23(30)26-18-12-10-16(11-13-18)15-29-21-19(14-25-22(27-21)32-4)20(28-29)17-8-6-5-7-9-17;1-21-19-22-11-16-17(14-5-3-2-4-6-14)24-25(18(16)23-19)12-13-7-9-15(20)10-8-13;1-17-12-13-7-9-10(15-16-11(9)14-12)8-5-3-2-4-6-8;1-7-2-4-8(6-9)5-3-7;1-12-6-8-2-3-4(7)10-11-5(3)9-6;2*2-1-4-3;;;;;;/h5-9,14,16,18H,10-13,15H2,1-4H3,(H,27,31)(H,25,26,28);5-9,14,16,18H,10-13,15H2,1-4H3,(H,26,30);2-6,11,13,15H,7-10,12,20H2,1H3,(H,21,22,23);2-7H,1H3,(H,13,14,15,16);7-8H,2-6H2,1H3;2H,1H3,(H,8,9,10,11);2*1,3H;;;;;;/q;;;;;;;;4*+1;2*-1/p-2. The third-order valence-electron chi connectivity index (χ3n) is 22.9. The van der Waals surface area contributed by atoms with E-state index in [1.165, 1.54) is 66.3 Å². The molecule has 0 unspecified atom stereocenters. The van der Waals surface area contributed by atoms with E-state index >= 15 is 0 Å². The van der Waals surface area contributed by atoms with Crippen LogP contribution in [0.5, 0.6) is 0 Å². The molecule has 4 aliphatic carbocycles. The van der Waals surface area contributed by atoms with E-state index < -0.39 is 11.2 Å². The first-order valence-corrected chi connectivity index (χ1v) is 50.6. The zero-order chi connectivity index (χ0) is 96.4. The van der Waals surface area contributed by atoms with Crippen molar-refractivity contribution in [2.45, 2.75) is 216 Å². The number of alkyl halides is 1. The summed E-state index contributed by atoms with van der Waals surface area (Å²) in [6.45, 7) is 15.8. The smallest absolute Gasteiger partial charge is 1.00 e. The number of thioether (sulfide) groups is 3. The Kier molecular flexibility index (Phi) is 54.3. The molecule has 44 heteroatoms. The van der Waals surface area contributed by atoms with E-state index in [0.29, 0.717) is 47.0 Å². The summed E-state index contributed by atoms with van der Waals surface area (Å²) in [6.07, 6.45) is 32.6. The van der Waals surface area contributed by atoms with Crippen molar-refractivity contribution in [3.8, 4) is 45.0 Å². The molecule has 8 N–H and O–H groups in total. The number of aromatic nitrogens is 20. The minimum Gasteiger partial charge on any atom is -1.00 e. The fourth-order valence-corrected chi connectivity index (χ4v) is 18.1. The number of amides is 2. The molecule has 10 aromatic heterocycles. The van der Waals surface area contributed by atoms with Crippen LogP contribution < -0.4 is 243 Å². The summed E-state index contributed by atoms with van der Waals surface area (Å²) >= 11 is 11.4. The average Bonchev–Trinajstić information content (AvgIpc) is 1.65. The van der Waals surface area contributed by atoms with E-state index in [1.54, 1.807) is 6.20 Å². The number of fused-ring (bicyclic) bond motifs is 5. The van der Waals surface area contributed by atoms with Gasteiger partial charge in [-0.05, 0) is 196 Å². The molecular formula is C95H121Br2K4N25O10S3. The van der Waals surface area contributed by atoms with Crippen molar-refractivity contribution in [1.82, 2.24) is 110 Å². The summed E-state index contributed by atoms with van der Waals surface area (Å²) < 4.78 is 17.7. The Morgan fingerprint density at radius 2 is 0.777 bits per heavy atom. The first kappa shape index (κ1) is 121. The van der Waals surface area contributed by atoms with Gasteiger partial charge in [0.05, 0.1) is 32.6 Å². The fourth-order valence-electron chi connectivity index (χ4n) is 16.1. The van der Waals surface area contributed by atoms with Gasteiger partial charge in [-0.25, -0.2) is 63.5 Å². The number of alkyl carbamates (subject to hydrolysis) is 2. The number of rotatable bonds is 20. The van der Waals surface area contributed by atoms with Crippen LogP contribution in [-0.2, 0) is 48.5 Å². The van der Waals surface area contributed by atoms with E-state index in [4.69, 9.17) is 60.6 Å². The Balaban J connectivity index is 0.000000302. The van der Waals surface area contributed by atoms with E-state index in [2.05, 4.69) is 171 Å². The van der Waals surface area contributed by atoms with Gasteiger partial charge in [-0.3, -0.25) is 19.8 Å². The maximum Gasteiger partial charge on any atom is 1.00 e. The van der Waals surface area contributed by atoms with Gasteiger partial charge in [0.25, 0.3) is 12.9 Å². The number of aromatic amines is 2. The Morgan fingerprint density at radius 1 is 0.460 bits per heavy atom. The molecule has 10 heterocycles. The predicted molar refractivity (Wildman–Crippen MR) is 535 cm³/mol. The monoisotopic (exact) mass is 2180 g/mol. The third-order valence-corrected chi connectivity index (χ3v) is 26.1. The fraction of sp³-hybridized carbons (Fsp3) is 0.442. The van der Waals surface area contributed by atoms with Gasteiger partial charge in [0.1, 0.15) is 32.9 Å². The number of nitrogens with one attached hydrogen (secondary N) is 6. The SMILES string of the molecule is CC1CCC(CBr)CC1.CNc1ncc2c(-c3ccccc3)nn(CC3CCC(N)CC3)c2n1.CNc1ncc2c(-c3ccccc3)nn(CC3CCC(NC(=O)OC(C)(C)C)CC3)c2n1.CSc1ncc2c(-c3ccccc3)[nH]nc2n1.CSc1ncc2c(-c3ccccc3)nn(CC3CCC(NC(=O)OC(C)(C)C)CC3)c2n1.CSc1ncc2c(Br)[nH]nc2n1.O=CO[O-].O=CO[O-].[H-].[H-].[K+].[K+].[K+].[K+]. The number of nitrogens with two attached hydrogens (primary N) is 1. The molecule has 35 nitrogen and oxygen atoms in total. The number of hydrogen-bond donors (Lipinski definition) is 7. The number of halogens is 2. The van der Waals surface area contributed by atoms with Gasteiger partial charge in [0.2, 0.25) is 11.9 Å². The van der Waals surface area contributed by atoms with E-state index in [1.807, 2.05) is 193 Å². The van der Waals surface area contributed by atoms with Crippen LogP contribution in [0, 0.1) is 29.6 Å². The Hall–Kier alpha value is -4.85. The Bertz CT molecular complexity index is 5880. The van der Waals surface area contributed by atoms with Gasteiger partial charge in [-0.15, -0.1) is 0 Å². The largest absolute Gasteiger partial charge is 1.00 e. The second-order valence-electron chi connectivity index (χ2n) is 35.0. The van der Waals surface area contributed by atoms with Gasteiger partial charge in [0.15, 0.2) is 43.7 Å². The average molecular weight is 2190 g/mol. The second-order valence-corrected chi connectivity index (χ2v) is 38.8. The minimum atomic E-state index is -0.479. The molecule has 722 valence electrons. The molecule has 0 bridgehead atoms. The zero-order valence-corrected chi connectivity index (χ0v) is 100. The molecule has 4 saturated carbocycles. The van der Waals surface area contributed by atoms with Crippen molar-refractivity contribution in [2.75, 3.05) is 48.8 Å². The molecule has 0 aliphatic heterocycles. The van der Waals surface area contributed by atoms with Crippen LogP contribution >= 0.6 is 67.1 Å². The van der Waals surface area contributed by atoms with Crippen LogP contribution in [0.2, 0.25) is 0 Å². The molecule has 18 rings (SSSR count). The summed E-state index contributed by atoms with van der Waals surface area (Å²) in [5.41, 5.74) is 17.2. The Morgan fingerprint density at radius 3 is 1.13 bits per heavy atom. The van der Waals surface area contributed by atoms with Crippen LogP contribution in [0.3, 0.4) is 0 Å². The molecule has 139 heavy (non-hydrogen) atoms. The number of anilines is 2. The zero-order valence-electron chi connectivity index (χ0n) is 84.0. The minimum absolute atomic E-state index is 0. The van der Waals surface area contributed by atoms with Crippen LogP contribution in [0.15, 0.2) is 172 Å². The summed E-state index contributed by atoms with van der Waals surface area (Å²) in [7, 11) is 3.65. The predicted octanol–water partition coefficient (Wildman–Crippen LogP) is 5.87. The van der Waals surface area contributed by atoms with Crippen molar-refractivity contribution in [1.29, 1.82) is 0 Å². The van der Waals surface area contributed by atoms with Crippen molar-refractivity contribution in [2.24, 2.45) is 35.3 Å². The maximum atomic E-state index is 12.1. The van der Waals surface area contributed by atoms with Gasteiger partial charge in [-0.2, -0.15) is 35.5 Å². The number of benzene rings is 4. The van der Waals surface area contributed by atoms with Crippen molar-refractivity contribution in [3.05, 3.63) is 157 Å². The van der Waals surface area contributed by atoms with Gasteiger partial charge < -0.3 is 59.6 Å². The number of carbonyl (C=O) groups excluding carboxylic acids is 4. The number of nitrogens with zero attached hydrogens (tertiary/aromatic N) is 18. The molecule has 2 amide bonds. The first-order valence-electron chi connectivity index (χ1n) is 45.0. The number of ether oxygens (including phenoxy) is 2. The summed E-state index contributed by atoms with van der Waals surface area (Å²) in [5, 5.41) is 66.0. The van der Waals surface area contributed by atoms with Gasteiger partial charge in [0, 0.05) is 110 Å². The first-order chi connectivity index (χ1) is 65.2. The van der Waals surface area contributed by atoms with Crippen LogP contribution in [0.1, 0.15) is 154 Å². The van der Waals surface area contributed by atoms with Gasteiger partial charge in [-0.1, -0.05) is 192 Å². The van der Waals surface area contributed by atoms with E-state index in [0.717, 1.165) is 217 Å². The number of hydrogen-bond acceptors (Lipinski definition) is 31. The number of H-pyrrole nitrogens is 2. The maximum absolute atomic E-state index is 12.1. The van der Waals surface area contributed by atoms with E-state index in [9.17, 15) is 9.59 Å². The molecular weight excluding hydrogens is 2060 g/mol. The quantitative estimate of drug-likeness (QED) is 0.00892. The summed E-state index contributed by atoms with van der Waals surface area (Å²) in [4.78, 5) is 91.0. The molecule has 0 spiro atoms. The second kappa shape index (κ2) is 62.3. The Labute approximate surface area is 1010 Å². The van der Waals surface area contributed by atoms with Gasteiger partial charge >= 0.3 is 218 Å². The summed E-state index contributed by atoms with van der Waals surface area (Å²) in [5.74, 6) is 4.78. The molecule has 0 radical (unpaired) electrons. The van der Waals surface area contributed by atoms with Crippen molar-refractivity contribution in [3.63, 3.8) is 0 Å². The molecule has 0 atom stereocenters. The normalized spacial score (nSPS) is 17.4. The molecule has 4 aromatic carbocycles. The van der Waals surface area contributed by atoms with Crippen molar-refractivity contribution < 1.29 is 257 Å². The van der Waals surface area contributed by atoms with Crippen molar-refractivity contribution >= 4 is 159 Å². The number of carbonyl (C=O) groups is 4. The molecule has 0 saturated heterocycles. The van der Waals surface area contributed by atoms with Crippen LogP contribution in [0.4, 0.5) is 21.5 Å². The molecule has 14 aromatic rings. The summed E-state index contributed by atoms with van der Waals surface area (Å²) in [6, 6.07) is 41.4. The third kappa shape index (κ3) is 37.8. The van der Waals surface area contributed by atoms with Crippen LogP contribution in [0.25, 0.3) is 100 Å². The molecule has 4 fully saturated rings. The van der Waals surface area contributed by atoms with Crippen LogP contribution in [-0.4, -0.2) is 192 Å². The van der Waals surface area contributed by atoms with E-state index in [-0.39, 0.29) is 246 Å². The topological polar surface area (TPSA) is 465 Å². The molecule has 4 aliphatic rings.